The minimum atomic E-state index is 0.0771. The molecule has 1 saturated heterocycles. The molecule has 1 fully saturated rings. The lowest BCUT2D eigenvalue weighted by Crippen LogP contribution is -2.39. The minimum absolute atomic E-state index is 0.0771. The molecular weight excluding hydrogens is 154 g/mol. The van der Waals surface area contributed by atoms with Crippen LogP contribution >= 0.6 is 0 Å². The van der Waals surface area contributed by atoms with Crippen molar-refractivity contribution in [3.8, 4) is 0 Å². The van der Waals surface area contributed by atoms with Crippen LogP contribution < -0.4 is 16.4 Å². The molecule has 1 aliphatic rings. The Balaban J connectivity index is 2.09. The van der Waals surface area contributed by atoms with Gasteiger partial charge in [-0.1, -0.05) is 0 Å². The van der Waals surface area contributed by atoms with Gasteiger partial charge in [0.25, 0.3) is 0 Å². The van der Waals surface area contributed by atoms with Crippen molar-refractivity contribution in [1.82, 2.24) is 10.2 Å². The van der Waals surface area contributed by atoms with Crippen molar-refractivity contribution >= 4 is 5.82 Å². The van der Waals surface area contributed by atoms with E-state index < -0.39 is 0 Å². The van der Waals surface area contributed by atoms with E-state index in [1.807, 2.05) is 6.07 Å². The van der Waals surface area contributed by atoms with E-state index >= 15 is 0 Å². The molecule has 0 aromatic carbocycles. The summed E-state index contributed by atoms with van der Waals surface area (Å²) in [5.74, 6) is 0.999. The SMILES string of the molecule is NC1CN(c2ccn[nH]2)CC1N. The first-order valence-corrected chi connectivity index (χ1v) is 4.03. The first-order valence-electron chi connectivity index (χ1n) is 4.03. The highest BCUT2D eigenvalue weighted by Crippen LogP contribution is 2.14. The molecule has 2 unspecified atom stereocenters. The van der Waals surface area contributed by atoms with E-state index in [4.69, 9.17) is 11.5 Å². The molecule has 0 spiro atoms. The lowest BCUT2D eigenvalue weighted by Gasteiger charge is -2.14. The van der Waals surface area contributed by atoms with Crippen molar-refractivity contribution in [3.05, 3.63) is 12.3 Å². The van der Waals surface area contributed by atoms with Crippen LogP contribution in [-0.4, -0.2) is 35.4 Å². The molecule has 5 heteroatoms. The van der Waals surface area contributed by atoms with Gasteiger partial charge in [0.1, 0.15) is 5.82 Å². The van der Waals surface area contributed by atoms with Crippen molar-refractivity contribution in [1.29, 1.82) is 0 Å². The summed E-state index contributed by atoms with van der Waals surface area (Å²) in [5, 5.41) is 6.75. The minimum Gasteiger partial charge on any atom is -0.354 e. The number of hydrogen-bond donors (Lipinski definition) is 3. The van der Waals surface area contributed by atoms with E-state index in [2.05, 4.69) is 15.1 Å². The van der Waals surface area contributed by atoms with Gasteiger partial charge < -0.3 is 16.4 Å². The molecule has 0 radical (unpaired) electrons. The van der Waals surface area contributed by atoms with Crippen LogP contribution in [0, 0.1) is 0 Å². The molecule has 12 heavy (non-hydrogen) atoms. The van der Waals surface area contributed by atoms with E-state index in [9.17, 15) is 0 Å². The van der Waals surface area contributed by atoms with E-state index in [0.717, 1.165) is 18.9 Å². The van der Waals surface area contributed by atoms with Gasteiger partial charge in [0.05, 0.1) is 6.20 Å². The second kappa shape index (κ2) is 2.76. The molecule has 1 aliphatic heterocycles. The van der Waals surface area contributed by atoms with Crippen molar-refractivity contribution in [2.24, 2.45) is 11.5 Å². The highest BCUT2D eigenvalue weighted by molar-refractivity contribution is 5.39. The summed E-state index contributed by atoms with van der Waals surface area (Å²) in [6, 6.07) is 2.08. The predicted octanol–water partition coefficient (Wildman–Crippen LogP) is -1.12. The van der Waals surface area contributed by atoms with Crippen molar-refractivity contribution in [2.75, 3.05) is 18.0 Å². The third-order valence-electron chi connectivity index (χ3n) is 2.24. The Kier molecular flexibility index (Phi) is 1.74. The van der Waals surface area contributed by atoms with Crippen LogP contribution in [0.3, 0.4) is 0 Å². The number of nitrogens with zero attached hydrogens (tertiary/aromatic N) is 2. The van der Waals surface area contributed by atoms with Crippen LogP contribution in [0.25, 0.3) is 0 Å². The number of hydrogen-bond acceptors (Lipinski definition) is 4. The summed E-state index contributed by atoms with van der Waals surface area (Å²) in [7, 11) is 0. The summed E-state index contributed by atoms with van der Waals surface area (Å²) >= 11 is 0. The Morgan fingerprint density at radius 2 is 2.08 bits per heavy atom. The predicted molar refractivity (Wildman–Crippen MR) is 46.8 cm³/mol. The first-order chi connectivity index (χ1) is 5.77. The fourth-order valence-electron chi connectivity index (χ4n) is 1.48. The highest BCUT2D eigenvalue weighted by atomic mass is 15.3. The average molecular weight is 167 g/mol. The maximum absolute atomic E-state index is 5.77. The smallest absolute Gasteiger partial charge is 0.124 e. The summed E-state index contributed by atoms with van der Waals surface area (Å²) in [6.07, 6.45) is 1.73. The topological polar surface area (TPSA) is 84.0 Å². The number of nitrogens with one attached hydrogen (secondary N) is 1. The van der Waals surface area contributed by atoms with Crippen LogP contribution in [0.5, 0.6) is 0 Å². The second-order valence-electron chi connectivity index (χ2n) is 3.17. The molecule has 0 saturated carbocycles. The molecule has 66 valence electrons. The van der Waals surface area contributed by atoms with E-state index in [0.29, 0.717) is 0 Å². The maximum Gasteiger partial charge on any atom is 0.124 e. The Morgan fingerprint density at radius 3 is 2.58 bits per heavy atom. The van der Waals surface area contributed by atoms with Gasteiger partial charge in [0, 0.05) is 31.2 Å². The Labute approximate surface area is 70.7 Å². The first kappa shape index (κ1) is 7.57. The summed E-state index contributed by atoms with van der Waals surface area (Å²) in [4.78, 5) is 2.11. The second-order valence-corrected chi connectivity index (χ2v) is 3.17. The van der Waals surface area contributed by atoms with Gasteiger partial charge in [0.15, 0.2) is 0 Å². The molecule has 1 aromatic heterocycles. The molecule has 5 nitrogen and oxygen atoms in total. The van der Waals surface area contributed by atoms with Gasteiger partial charge >= 0.3 is 0 Å². The van der Waals surface area contributed by atoms with Crippen LogP contribution in [0.4, 0.5) is 5.82 Å². The quantitative estimate of drug-likeness (QED) is 0.495. The molecule has 2 heterocycles. The van der Waals surface area contributed by atoms with E-state index in [1.54, 1.807) is 6.20 Å². The third-order valence-corrected chi connectivity index (χ3v) is 2.24. The van der Waals surface area contributed by atoms with Gasteiger partial charge in [-0.3, -0.25) is 5.10 Å². The zero-order valence-electron chi connectivity index (χ0n) is 6.77. The van der Waals surface area contributed by atoms with Gasteiger partial charge in [-0.25, -0.2) is 0 Å². The summed E-state index contributed by atoms with van der Waals surface area (Å²) in [6.45, 7) is 1.62. The largest absolute Gasteiger partial charge is 0.354 e. The molecule has 0 aliphatic carbocycles. The van der Waals surface area contributed by atoms with Crippen molar-refractivity contribution < 1.29 is 0 Å². The fraction of sp³-hybridized carbons (Fsp3) is 0.571. The summed E-state index contributed by atoms with van der Waals surface area (Å²) in [5.41, 5.74) is 11.5. The number of aromatic amines is 1. The zero-order valence-corrected chi connectivity index (χ0v) is 6.77. The molecule has 0 amide bonds. The fourth-order valence-corrected chi connectivity index (χ4v) is 1.48. The number of rotatable bonds is 1. The molecular formula is C7H13N5. The van der Waals surface area contributed by atoms with Gasteiger partial charge in [-0.2, -0.15) is 5.10 Å². The summed E-state index contributed by atoms with van der Waals surface area (Å²) < 4.78 is 0. The van der Waals surface area contributed by atoms with E-state index in [1.165, 1.54) is 0 Å². The molecule has 0 bridgehead atoms. The normalized spacial score (nSPS) is 29.7. The monoisotopic (exact) mass is 167 g/mol. The Bertz CT molecular complexity index is 234. The molecule has 5 N–H and O–H groups in total. The van der Waals surface area contributed by atoms with Crippen LogP contribution in [0.1, 0.15) is 0 Å². The van der Waals surface area contributed by atoms with Crippen LogP contribution in [0.15, 0.2) is 12.3 Å². The highest BCUT2D eigenvalue weighted by Gasteiger charge is 2.27. The molecule has 2 atom stereocenters. The lowest BCUT2D eigenvalue weighted by atomic mass is 10.2. The Hall–Kier alpha value is -1.07. The number of anilines is 1. The lowest BCUT2D eigenvalue weighted by molar-refractivity contribution is 0.642. The van der Waals surface area contributed by atoms with Gasteiger partial charge in [-0.05, 0) is 0 Å². The van der Waals surface area contributed by atoms with Crippen LogP contribution in [0.2, 0.25) is 0 Å². The number of nitrogens with two attached hydrogens (primary N) is 2. The number of aromatic nitrogens is 2. The third kappa shape index (κ3) is 1.17. The van der Waals surface area contributed by atoms with Crippen LogP contribution in [-0.2, 0) is 0 Å². The molecule has 1 aromatic rings. The van der Waals surface area contributed by atoms with Gasteiger partial charge in [-0.15, -0.1) is 0 Å². The Morgan fingerprint density at radius 1 is 1.42 bits per heavy atom. The maximum atomic E-state index is 5.77. The van der Waals surface area contributed by atoms with E-state index in [-0.39, 0.29) is 12.1 Å². The van der Waals surface area contributed by atoms with Crippen molar-refractivity contribution in [2.45, 2.75) is 12.1 Å². The number of H-pyrrole nitrogens is 1. The zero-order chi connectivity index (χ0) is 8.55. The van der Waals surface area contributed by atoms with Crippen molar-refractivity contribution in [3.63, 3.8) is 0 Å². The average Bonchev–Trinajstić information content (AvgIpc) is 2.61. The standard InChI is InChI=1S/C7H13N5/c8-5-3-12(4-6(5)9)7-1-2-10-11-7/h1-2,5-6H,3-4,8-9H2,(H,10,11). The van der Waals surface area contributed by atoms with Gasteiger partial charge in [0.2, 0.25) is 0 Å². The molecule has 2 rings (SSSR count).